The van der Waals surface area contributed by atoms with Crippen LogP contribution in [0.5, 0.6) is 0 Å². The number of anilines is 1. The summed E-state index contributed by atoms with van der Waals surface area (Å²) < 4.78 is 4.76. The molecule has 0 bridgehead atoms. The average Bonchev–Trinajstić information content (AvgIpc) is 2.94. The highest BCUT2D eigenvalue weighted by atomic mass is 16.5. The molecule has 2 heterocycles. The number of likely N-dealkylation sites (tertiary alicyclic amines) is 1. The fourth-order valence-electron chi connectivity index (χ4n) is 3.73. The van der Waals surface area contributed by atoms with Crippen molar-refractivity contribution < 1.29 is 24.2 Å². The Hall–Kier alpha value is -2.41. The fraction of sp³-hybridized carbons (Fsp3) is 0.438. The van der Waals surface area contributed by atoms with E-state index in [0.717, 1.165) is 0 Å². The summed E-state index contributed by atoms with van der Waals surface area (Å²) in [7, 11) is 1.23. The minimum atomic E-state index is -1.49. The second kappa shape index (κ2) is 5.06. The molecule has 1 aromatic rings. The van der Waals surface area contributed by atoms with Crippen LogP contribution in [0.25, 0.3) is 0 Å². The highest BCUT2D eigenvalue weighted by Crippen LogP contribution is 2.52. The van der Waals surface area contributed by atoms with Gasteiger partial charge in [-0.25, -0.2) is 4.79 Å². The van der Waals surface area contributed by atoms with Gasteiger partial charge in [0.05, 0.1) is 12.8 Å². The van der Waals surface area contributed by atoms with Gasteiger partial charge >= 0.3 is 5.97 Å². The molecule has 122 valence electrons. The molecule has 0 saturated carbocycles. The fourth-order valence-corrected chi connectivity index (χ4v) is 3.73. The van der Waals surface area contributed by atoms with Crippen LogP contribution >= 0.6 is 0 Å². The molecule has 0 aliphatic carbocycles. The molecule has 23 heavy (non-hydrogen) atoms. The summed E-state index contributed by atoms with van der Waals surface area (Å²) in [6.45, 7) is 2.68. The molecule has 2 amide bonds. The van der Waals surface area contributed by atoms with Crippen molar-refractivity contribution in [2.75, 3.05) is 12.0 Å². The molecule has 7 heteroatoms. The van der Waals surface area contributed by atoms with Gasteiger partial charge in [-0.05, 0) is 6.07 Å². The maximum absolute atomic E-state index is 12.2. The number of fused-ring (bicyclic) bond motifs is 3. The van der Waals surface area contributed by atoms with Crippen molar-refractivity contribution >= 4 is 23.5 Å². The summed E-state index contributed by atoms with van der Waals surface area (Å²) in [6, 6.07) is 6.01. The Labute approximate surface area is 133 Å². The van der Waals surface area contributed by atoms with Crippen molar-refractivity contribution in [1.82, 2.24) is 4.90 Å². The Balaban J connectivity index is 2.19. The maximum Gasteiger partial charge on any atom is 0.328 e. The number of aliphatic hydroxyl groups is 1. The van der Waals surface area contributed by atoms with Gasteiger partial charge in [0.15, 0.2) is 0 Å². The van der Waals surface area contributed by atoms with Gasteiger partial charge in [0.2, 0.25) is 11.8 Å². The van der Waals surface area contributed by atoms with Gasteiger partial charge in [-0.15, -0.1) is 0 Å². The van der Waals surface area contributed by atoms with Crippen LogP contribution in [0, 0.1) is 0 Å². The smallest absolute Gasteiger partial charge is 0.328 e. The second-order valence-corrected chi connectivity index (χ2v) is 5.87. The minimum absolute atomic E-state index is 0.00921. The van der Waals surface area contributed by atoms with E-state index >= 15 is 0 Å². The summed E-state index contributed by atoms with van der Waals surface area (Å²) in [6.07, 6.45) is -0.955. The number of carbonyl (C=O) groups excluding carboxylic acids is 3. The quantitative estimate of drug-likeness (QED) is 0.756. The third-order valence-corrected chi connectivity index (χ3v) is 4.58. The number of benzene rings is 1. The van der Waals surface area contributed by atoms with E-state index in [-0.39, 0.29) is 12.3 Å². The Morgan fingerprint density at radius 2 is 1.87 bits per heavy atom. The number of nitrogens with zero attached hydrogens (tertiary/aromatic N) is 2. The summed E-state index contributed by atoms with van der Waals surface area (Å²) in [5, 5.41) is 11.2. The lowest BCUT2D eigenvalue weighted by Crippen LogP contribution is -2.55. The molecule has 0 aromatic heterocycles. The van der Waals surface area contributed by atoms with E-state index in [1.165, 1.54) is 30.8 Å². The molecule has 0 unspecified atom stereocenters. The normalized spacial score (nSPS) is 28.3. The van der Waals surface area contributed by atoms with Crippen LogP contribution in [0.2, 0.25) is 0 Å². The van der Waals surface area contributed by atoms with Crippen molar-refractivity contribution in [3.8, 4) is 0 Å². The van der Waals surface area contributed by atoms with Gasteiger partial charge in [0.25, 0.3) is 0 Å². The van der Waals surface area contributed by atoms with Crippen LogP contribution in [0.3, 0.4) is 0 Å². The molecule has 1 N–H and O–H groups in total. The predicted molar refractivity (Wildman–Crippen MR) is 80.2 cm³/mol. The van der Waals surface area contributed by atoms with Crippen molar-refractivity contribution in [1.29, 1.82) is 0 Å². The third kappa shape index (κ3) is 1.96. The molecular weight excluding hydrogens is 300 g/mol. The minimum Gasteiger partial charge on any atom is -0.467 e. The maximum atomic E-state index is 12.2. The van der Waals surface area contributed by atoms with Gasteiger partial charge < -0.3 is 14.7 Å². The number of ether oxygens (including phenoxy) is 1. The van der Waals surface area contributed by atoms with E-state index in [1.54, 1.807) is 24.3 Å². The first-order valence-electron chi connectivity index (χ1n) is 7.31. The molecule has 2 aliphatic rings. The largest absolute Gasteiger partial charge is 0.467 e. The number of amides is 2. The van der Waals surface area contributed by atoms with Gasteiger partial charge in [-0.1, -0.05) is 18.2 Å². The average molecular weight is 318 g/mol. The third-order valence-electron chi connectivity index (χ3n) is 4.58. The molecule has 7 nitrogen and oxygen atoms in total. The van der Waals surface area contributed by atoms with Crippen molar-refractivity contribution in [3.63, 3.8) is 0 Å². The highest BCUT2D eigenvalue weighted by molar-refractivity contribution is 5.97. The van der Waals surface area contributed by atoms with Crippen molar-refractivity contribution in [2.24, 2.45) is 0 Å². The lowest BCUT2D eigenvalue weighted by atomic mass is 9.91. The lowest BCUT2D eigenvalue weighted by Gasteiger charge is -2.34. The Kier molecular flexibility index (Phi) is 3.40. The molecule has 1 aromatic carbocycles. The van der Waals surface area contributed by atoms with Crippen LogP contribution in [-0.2, 0) is 24.7 Å². The number of hydrogen-bond acceptors (Lipinski definition) is 5. The SMILES string of the molecule is COC(=O)[C@H]1C[C@@]2(O)c3ccccc3N(C(C)=O)[C@H]2N1C(C)=O. The van der Waals surface area contributed by atoms with Crippen LogP contribution < -0.4 is 4.90 Å². The standard InChI is InChI=1S/C16H18N2O5/c1-9(19)17-12-7-5-4-6-11(12)16(22)8-13(14(21)23-3)18(10(2)20)15(16)17/h4-7,13,15,22H,8H2,1-3H3/t13-,15+,16-/m1/s1. The zero-order valence-corrected chi connectivity index (χ0v) is 13.1. The van der Waals surface area contributed by atoms with E-state index in [4.69, 9.17) is 4.74 Å². The van der Waals surface area contributed by atoms with E-state index < -0.39 is 29.7 Å². The summed E-state index contributed by atoms with van der Waals surface area (Å²) in [5.41, 5.74) is -0.396. The van der Waals surface area contributed by atoms with Gasteiger partial charge in [0, 0.05) is 25.8 Å². The molecule has 2 aliphatic heterocycles. The molecule has 1 fully saturated rings. The Morgan fingerprint density at radius 1 is 1.22 bits per heavy atom. The molecular formula is C16H18N2O5. The van der Waals surface area contributed by atoms with Crippen molar-refractivity contribution in [2.45, 2.75) is 38.1 Å². The Morgan fingerprint density at radius 3 is 2.43 bits per heavy atom. The topological polar surface area (TPSA) is 87.2 Å². The van der Waals surface area contributed by atoms with E-state index in [2.05, 4.69) is 0 Å². The van der Waals surface area contributed by atoms with E-state index in [0.29, 0.717) is 11.3 Å². The summed E-state index contributed by atoms with van der Waals surface area (Å²) in [4.78, 5) is 39.0. The van der Waals surface area contributed by atoms with Crippen LogP contribution in [-0.4, -0.2) is 47.1 Å². The molecule has 0 radical (unpaired) electrons. The van der Waals surface area contributed by atoms with E-state index in [1.807, 2.05) is 0 Å². The zero-order valence-electron chi connectivity index (χ0n) is 13.1. The number of methoxy groups -OCH3 is 1. The monoisotopic (exact) mass is 318 g/mol. The van der Waals surface area contributed by atoms with Gasteiger partial charge in [0.1, 0.15) is 17.8 Å². The van der Waals surface area contributed by atoms with E-state index in [9.17, 15) is 19.5 Å². The number of carbonyl (C=O) groups is 3. The lowest BCUT2D eigenvalue weighted by molar-refractivity contribution is -0.151. The first kappa shape index (κ1) is 15.5. The molecule has 3 rings (SSSR count). The van der Waals surface area contributed by atoms with Gasteiger partial charge in [-0.2, -0.15) is 0 Å². The number of hydrogen-bond donors (Lipinski definition) is 1. The van der Waals surface area contributed by atoms with Crippen molar-refractivity contribution in [3.05, 3.63) is 29.8 Å². The molecule has 3 atom stereocenters. The van der Waals surface area contributed by atoms with Gasteiger partial charge in [-0.3, -0.25) is 14.5 Å². The molecule has 0 spiro atoms. The van der Waals surface area contributed by atoms with Crippen LogP contribution in [0.1, 0.15) is 25.8 Å². The number of esters is 1. The molecule has 1 saturated heterocycles. The van der Waals surface area contributed by atoms with Crippen LogP contribution in [0.15, 0.2) is 24.3 Å². The number of rotatable bonds is 1. The summed E-state index contributed by atoms with van der Waals surface area (Å²) >= 11 is 0. The zero-order chi connectivity index (χ0) is 16.9. The highest BCUT2D eigenvalue weighted by Gasteiger charge is 2.63. The summed E-state index contributed by atoms with van der Waals surface area (Å²) in [5.74, 6) is -1.32. The first-order chi connectivity index (χ1) is 10.8. The first-order valence-corrected chi connectivity index (χ1v) is 7.31. The Bertz CT molecular complexity index is 703. The van der Waals surface area contributed by atoms with Crippen LogP contribution in [0.4, 0.5) is 5.69 Å². The number of para-hydroxylation sites is 1. The predicted octanol–water partition coefficient (Wildman–Crippen LogP) is 0.361. The second-order valence-electron chi connectivity index (χ2n) is 5.87.